The van der Waals surface area contributed by atoms with Gasteiger partial charge in [-0.1, -0.05) is 170 Å². The highest BCUT2D eigenvalue weighted by atomic mass is 15.1. The van der Waals surface area contributed by atoms with Crippen LogP contribution in [0.4, 0.5) is 17.1 Å². The molecule has 0 spiro atoms. The molecule has 56 heavy (non-hydrogen) atoms. The summed E-state index contributed by atoms with van der Waals surface area (Å²) in [7, 11) is 0. The van der Waals surface area contributed by atoms with Gasteiger partial charge in [0.25, 0.3) is 0 Å². The zero-order chi connectivity index (χ0) is 41.6. The van der Waals surface area contributed by atoms with E-state index >= 15 is 0 Å². The van der Waals surface area contributed by atoms with Crippen molar-refractivity contribution in [1.82, 2.24) is 4.57 Å². The molecule has 1 heterocycles. The van der Waals surface area contributed by atoms with Gasteiger partial charge in [0.05, 0.1) is 17.9 Å². The molecule has 0 aliphatic heterocycles. The highest BCUT2D eigenvalue weighted by molar-refractivity contribution is 6.16. The molecule has 0 N–H and O–H groups in total. The monoisotopic (exact) mass is 719 g/mol. The summed E-state index contributed by atoms with van der Waals surface area (Å²) >= 11 is 0. The summed E-state index contributed by atoms with van der Waals surface area (Å²) in [6, 6.07) is 67.7. The highest BCUT2D eigenvalue weighted by Gasteiger charge is 2.18. The molecule has 264 valence electrons. The standard InChI is InChI=1S/C54H38N2/c1-4-14-39(15-5-1)41-26-28-42(29-27-41)44-32-36-48(37-33-44)55(47-34-30-43(31-35-47)40-16-6-2-7-17-40)49-21-12-18-45(38-49)50-23-13-25-53-54(50)51-22-10-11-24-52(51)56(53)46-19-8-3-9-20-46/h1-38H/i2D,6D,7D,16D,17D. The van der Waals surface area contributed by atoms with Crippen LogP contribution >= 0.6 is 0 Å². The molecule has 0 unspecified atom stereocenters. The number of anilines is 3. The Hall–Kier alpha value is -7.42. The van der Waals surface area contributed by atoms with Crippen LogP contribution in [0.15, 0.2) is 230 Å². The number of fused-ring (bicyclic) bond motifs is 3. The first-order chi connectivity index (χ1) is 29.9. The maximum Gasteiger partial charge on any atom is 0.0629 e. The quantitative estimate of drug-likeness (QED) is 0.152. The average molecular weight is 720 g/mol. The Kier molecular flexibility index (Phi) is 7.24. The Bertz CT molecular complexity index is 3190. The Morgan fingerprint density at radius 1 is 0.357 bits per heavy atom. The molecule has 0 aliphatic rings. The second-order valence-electron chi connectivity index (χ2n) is 13.8. The molecule has 0 bridgehead atoms. The largest absolute Gasteiger partial charge is 0.310 e. The lowest BCUT2D eigenvalue weighted by Crippen LogP contribution is -2.10. The summed E-state index contributed by atoms with van der Waals surface area (Å²) in [6.45, 7) is 0. The van der Waals surface area contributed by atoms with E-state index in [9.17, 15) is 0 Å². The van der Waals surface area contributed by atoms with Crippen LogP contribution in [0.5, 0.6) is 0 Å². The van der Waals surface area contributed by atoms with E-state index in [1.807, 2.05) is 36.4 Å². The van der Waals surface area contributed by atoms with Gasteiger partial charge in [-0.15, -0.1) is 0 Å². The normalized spacial score (nSPS) is 12.5. The van der Waals surface area contributed by atoms with Gasteiger partial charge >= 0.3 is 0 Å². The van der Waals surface area contributed by atoms with Crippen molar-refractivity contribution in [2.45, 2.75) is 0 Å². The average Bonchev–Trinajstić information content (AvgIpc) is 3.66. The third kappa shape index (κ3) is 6.14. The molecule has 0 atom stereocenters. The maximum absolute atomic E-state index is 8.61. The summed E-state index contributed by atoms with van der Waals surface area (Å²) in [5, 5.41) is 2.35. The van der Waals surface area contributed by atoms with Crippen LogP contribution in [0, 0.1) is 0 Å². The van der Waals surface area contributed by atoms with Crippen LogP contribution in [0.1, 0.15) is 6.85 Å². The third-order valence-corrected chi connectivity index (χ3v) is 10.5. The summed E-state index contributed by atoms with van der Waals surface area (Å²) in [5.41, 5.74) is 13.6. The molecule has 0 radical (unpaired) electrons. The van der Waals surface area contributed by atoms with Crippen molar-refractivity contribution >= 4 is 38.9 Å². The van der Waals surface area contributed by atoms with Crippen molar-refractivity contribution in [2.24, 2.45) is 0 Å². The van der Waals surface area contributed by atoms with Crippen molar-refractivity contribution in [3.8, 4) is 50.2 Å². The van der Waals surface area contributed by atoms with Crippen molar-refractivity contribution in [1.29, 1.82) is 0 Å². The predicted molar refractivity (Wildman–Crippen MR) is 237 cm³/mol. The number of nitrogens with zero attached hydrogens (tertiary/aromatic N) is 2. The Morgan fingerprint density at radius 2 is 0.857 bits per heavy atom. The fourth-order valence-corrected chi connectivity index (χ4v) is 7.84. The van der Waals surface area contributed by atoms with E-state index in [2.05, 4.69) is 173 Å². The smallest absolute Gasteiger partial charge is 0.0629 e. The van der Waals surface area contributed by atoms with Gasteiger partial charge in [0.1, 0.15) is 0 Å². The molecule has 9 aromatic carbocycles. The van der Waals surface area contributed by atoms with Crippen molar-refractivity contribution < 1.29 is 6.85 Å². The molecule has 2 heteroatoms. The minimum absolute atomic E-state index is 0.177. The van der Waals surface area contributed by atoms with E-state index in [1.54, 1.807) is 0 Å². The first-order valence-electron chi connectivity index (χ1n) is 21.3. The minimum Gasteiger partial charge on any atom is -0.310 e. The fraction of sp³-hybridized carbons (Fsp3) is 0. The highest BCUT2D eigenvalue weighted by Crippen LogP contribution is 2.42. The summed E-state index contributed by atoms with van der Waals surface area (Å²) < 4.78 is 44.2. The second-order valence-corrected chi connectivity index (χ2v) is 13.8. The van der Waals surface area contributed by atoms with Gasteiger partial charge in [-0.3, -0.25) is 0 Å². The number of para-hydroxylation sites is 2. The van der Waals surface area contributed by atoms with E-state index < -0.39 is 6.04 Å². The lowest BCUT2D eigenvalue weighted by Gasteiger charge is -2.26. The van der Waals surface area contributed by atoms with E-state index in [0.717, 1.165) is 56.0 Å². The number of aromatic nitrogens is 1. The van der Waals surface area contributed by atoms with Gasteiger partial charge in [0, 0.05) is 33.5 Å². The minimum atomic E-state index is -0.405. The van der Waals surface area contributed by atoms with Gasteiger partial charge < -0.3 is 9.47 Å². The van der Waals surface area contributed by atoms with Crippen LogP contribution in [0.25, 0.3) is 72.0 Å². The SMILES string of the molecule is [2H]c1c([2H])c([2H])c(-c2ccc(N(c3ccc(-c4ccc(-c5ccccc5)cc4)cc3)c3cccc(-c4cccc5c4c4ccccc4n5-c4ccccc4)c3)cc2)c([2H])c1[2H]. The molecule has 0 amide bonds. The van der Waals surface area contributed by atoms with E-state index in [4.69, 9.17) is 6.85 Å². The first kappa shape index (κ1) is 28.1. The lowest BCUT2D eigenvalue weighted by molar-refractivity contribution is 1.18. The van der Waals surface area contributed by atoms with Crippen molar-refractivity contribution in [3.05, 3.63) is 230 Å². The summed E-state index contributed by atoms with van der Waals surface area (Å²) in [6.07, 6.45) is 0. The van der Waals surface area contributed by atoms with Gasteiger partial charge in [0.2, 0.25) is 0 Å². The summed E-state index contributed by atoms with van der Waals surface area (Å²) in [4.78, 5) is 2.20. The predicted octanol–water partition coefficient (Wildman–Crippen LogP) is 14.9. The van der Waals surface area contributed by atoms with Crippen LogP contribution in [-0.2, 0) is 0 Å². The number of benzene rings is 9. The number of hydrogen-bond donors (Lipinski definition) is 0. The molecule has 0 saturated carbocycles. The van der Waals surface area contributed by atoms with Crippen LogP contribution in [0.3, 0.4) is 0 Å². The van der Waals surface area contributed by atoms with E-state index in [0.29, 0.717) is 5.56 Å². The van der Waals surface area contributed by atoms with Crippen LogP contribution in [-0.4, -0.2) is 4.57 Å². The number of rotatable bonds is 8. The van der Waals surface area contributed by atoms with Gasteiger partial charge in [-0.2, -0.15) is 0 Å². The van der Waals surface area contributed by atoms with Gasteiger partial charge in [0.15, 0.2) is 0 Å². The molecule has 1 aromatic heterocycles. The Balaban J connectivity index is 1.09. The molecule has 2 nitrogen and oxygen atoms in total. The molecule has 10 aromatic rings. The van der Waals surface area contributed by atoms with Gasteiger partial charge in [-0.05, 0) is 105 Å². The Labute approximate surface area is 334 Å². The summed E-state index contributed by atoms with van der Waals surface area (Å²) in [5.74, 6) is 0. The van der Waals surface area contributed by atoms with Crippen LogP contribution < -0.4 is 4.90 Å². The fourth-order valence-electron chi connectivity index (χ4n) is 7.84. The second kappa shape index (κ2) is 14.4. The van der Waals surface area contributed by atoms with Gasteiger partial charge in [-0.25, -0.2) is 0 Å². The maximum atomic E-state index is 8.61. The third-order valence-electron chi connectivity index (χ3n) is 10.5. The molecule has 0 fully saturated rings. The number of hydrogen-bond acceptors (Lipinski definition) is 1. The molecule has 0 saturated heterocycles. The molecular weight excluding hydrogens is 677 g/mol. The van der Waals surface area contributed by atoms with E-state index in [-0.39, 0.29) is 29.7 Å². The first-order valence-corrected chi connectivity index (χ1v) is 18.8. The van der Waals surface area contributed by atoms with E-state index in [1.165, 1.54) is 21.9 Å². The molecule has 10 rings (SSSR count). The molecule has 0 aliphatic carbocycles. The zero-order valence-corrected chi connectivity index (χ0v) is 30.4. The van der Waals surface area contributed by atoms with Crippen LogP contribution in [0.2, 0.25) is 0 Å². The zero-order valence-electron chi connectivity index (χ0n) is 35.4. The Morgan fingerprint density at radius 3 is 1.52 bits per heavy atom. The topological polar surface area (TPSA) is 8.17 Å². The lowest BCUT2D eigenvalue weighted by atomic mass is 9.98. The molecular formula is C54H38N2. The van der Waals surface area contributed by atoms with Crippen molar-refractivity contribution in [3.63, 3.8) is 0 Å². The van der Waals surface area contributed by atoms with Crippen molar-refractivity contribution in [2.75, 3.05) is 4.90 Å².